The van der Waals surface area contributed by atoms with E-state index in [1.165, 1.54) is 49.9 Å². The number of carboxylic acid groups (broad SMARTS) is 2. The number of carbonyl (C=O) groups excluding carboxylic acids is 6. The first-order valence-corrected chi connectivity index (χ1v) is 44.3. The number of carboxylic acids is 2. The van der Waals surface area contributed by atoms with Crippen molar-refractivity contribution >= 4 is 70.9 Å². The van der Waals surface area contributed by atoms with E-state index in [9.17, 15) is 43.5 Å². The molecule has 36 heteroatoms. The molecule has 13 rings (SSSR count). The molecule has 0 aliphatic heterocycles. The number of esters is 4. The fourth-order valence-corrected chi connectivity index (χ4v) is 13.7. The number of amides is 2. The van der Waals surface area contributed by atoms with E-state index in [4.69, 9.17) is 60.7 Å². The van der Waals surface area contributed by atoms with Crippen molar-refractivity contribution in [2.24, 2.45) is 0 Å². The first kappa shape index (κ1) is 104. The van der Waals surface area contributed by atoms with Crippen LogP contribution in [0.1, 0.15) is 165 Å². The van der Waals surface area contributed by atoms with E-state index < -0.39 is 47.6 Å². The normalized spacial score (nSPS) is 11.5. The maximum absolute atomic E-state index is 12.5. The zero-order valence-corrected chi connectivity index (χ0v) is 78.7. The van der Waals surface area contributed by atoms with Crippen molar-refractivity contribution in [2.75, 3.05) is 125 Å². The summed E-state index contributed by atoms with van der Waals surface area (Å²) in [6.07, 6.45) is 9.41. The highest BCUT2D eigenvalue weighted by Crippen LogP contribution is 2.32. The Kier molecular flexibility index (Phi) is 40.7. The molecule has 4 atom stereocenters. The van der Waals surface area contributed by atoms with Crippen LogP contribution in [0.4, 0.5) is 23.3 Å². The van der Waals surface area contributed by atoms with Gasteiger partial charge in [0, 0.05) is 105 Å². The van der Waals surface area contributed by atoms with E-state index in [-0.39, 0.29) is 96.4 Å². The molecule has 13 aromatic rings. The molecule has 0 radical (unpaired) electrons. The molecule has 8 aromatic heterocycles. The number of rotatable bonds is 46. The molecule has 5 aromatic carbocycles. The molecule has 4 unspecified atom stereocenters. The minimum atomic E-state index is -1.19. The standard InChI is InChI=1S/C30H31N3O6.C25H30N4O5.C24H28N4O5.C23H25N3O6/c1-31-27-10-6-9-24(32-27)15-16-37-25-13-11-21(12-14-25)17-23(18-28(34)36-2)29-33-26(20-38-29)30(35)39-19-22-7-4-3-5-8-22;1-26-22-7-5-6-19(27-22)12-13-33-20-10-8-17(9-11-20)14-18(15-23(30)32-4)24-28-21(16-34-24)25(31)29(2)3;1-25-21-6-4-5-18(26-21)11-12-32-19-9-7-16(8-10-19)13-17(14-22(29)30)23-27-20(15-33-23)24(31)28(2)3;1-24-20-5-3-4-17(25-20)10-11-31-18-8-6-15(7-9-18)12-16(13-21(27)30-2)22-26-19(14-32-22)23(28)29/h3-14,20,23H,15-19H2,1-2H3,(H,31,32);5-11,16,18H,12-15H2,1-4H3,(H,26,27);4-10,15,17H,11-14H2,1-3H3,(H,25,26)(H,29,30);3-9,14,16H,10-13H2,1-2H3,(H,24,25)(H,28,29). The van der Waals surface area contributed by atoms with Gasteiger partial charge in [0.2, 0.25) is 0 Å². The minimum Gasteiger partial charge on any atom is -0.493 e. The Balaban J connectivity index is 0.000000190. The number of anilines is 4. The predicted octanol–water partition coefficient (Wildman–Crippen LogP) is 14.9. The lowest BCUT2D eigenvalue weighted by Crippen LogP contribution is -2.22. The second-order valence-corrected chi connectivity index (χ2v) is 31.6. The fourth-order valence-electron chi connectivity index (χ4n) is 13.7. The average Bonchev–Trinajstić information content (AvgIpc) is 1.71. The van der Waals surface area contributed by atoms with Gasteiger partial charge in [0.25, 0.3) is 11.8 Å². The minimum absolute atomic E-state index is 0.0208. The third-order valence-corrected chi connectivity index (χ3v) is 21.1. The molecule has 138 heavy (non-hydrogen) atoms. The van der Waals surface area contributed by atoms with E-state index in [1.54, 1.807) is 28.2 Å². The van der Waals surface area contributed by atoms with E-state index in [0.29, 0.717) is 95.2 Å². The van der Waals surface area contributed by atoms with Crippen molar-refractivity contribution in [3.63, 3.8) is 0 Å². The summed E-state index contributed by atoms with van der Waals surface area (Å²) in [6.45, 7) is 2.09. The Hall–Kier alpha value is -16.3. The smallest absolute Gasteiger partial charge is 0.360 e. The second kappa shape index (κ2) is 54.2. The van der Waals surface area contributed by atoms with Gasteiger partial charge in [0.15, 0.2) is 46.3 Å². The quantitative estimate of drug-likeness (QED) is 0.0152. The third-order valence-electron chi connectivity index (χ3n) is 21.1. The molecule has 0 saturated heterocycles. The number of ether oxygens (including phenoxy) is 8. The summed E-state index contributed by atoms with van der Waals surface area (Å²) in [6, 6.07) is 62.8. The molecule has 0 bridgehead atoms. The number of oxazole rings is 4. The van der Waals surface area contributed by atoms with Crippen LogP contribution in [0.15, 0.2) is 243 Å². The van der Waals surface area contributed by atoms with Crippen LogP contribution < -0.4 is 40.2 Å². The van der Waals surface area contributed by atoms with E-state index in [1.807, 2.05) is 228 Å². The lowest BCUT2D eigenvalue weighted by Gasteiger charge is -2.13. The van der Waals surface area contributed by atoms with Crippen molar-refractivity contribution in [3.8, 4) is 23.0 Å². The summed E-state index contributed by atoms with van der Waals surface area (Å²) < 4.78 is 65.1. The first-order valence-electron chi connectivity index (χ1n) is 44.3. The van der Waals surface area contributed by atoms with Gasteiger partial charge in [-0.3, -0.25) is 28.8 Å². The van der Waals surface area contributed by atoms with Gasteiger partial charge >= 0.3 is 35.8 Å². The van der Waals surface area contributed by atoms with Crippen molar-refractivity contribution in [1.29, 1.82) is 0 Å². The van der Waals surface area contributed by atoms with Crippen LogP contribution in [0.25, 0.3) is 0 Å². The van der Waals surface area contributed by atoms with Crippen LogP contribution in [0.2, 0.25) is 0 Å². The Morgan fingerprint density at radius 1 is 0.326 bits per heavy atom. The molecule has 0 aliphatic rings. The van der Waals surface area contributed by atoms with Crippen LogP contribution in [0.5, 0.6) is 23.0 Å². The molecule has 8 heterocycles. The van der Waals surface area contributed by atoms with Gasteiger partial charge in [0.05, 0.1) is 97.1 Å². The van der Waals surface area contributed by atoms with Gasteiger partial charge in [-0.25, -0.2) is 49.5 Å². The molecule has 0 spiro atoms. The summed E-state index contributed by atoms with van der Waals surface area (Å²) >= 11 is 0. The van der Waals surface area contributed by atoms with Gasteiger partial charge in [-0.1, -0.05) is 103 Å². The zero-order chi connectivity index (χ0) is 98.7. The Morgan fingerprint density at radius 3 is 0.870 bits per heavy atom. The molecule has 0 saturated carbocycles. The summed E-state index contributed by atoms with van der Waals surface area (Å²) in [5.74, 6) is 0.939. The number of aromatic carboxylic acids is 1. The van der Waals surface area contributed by atoms with Crippen LogP contribution in [-0.2, 0) is 96.1 Å². The summed E-state index contributed by atoms with van der Waals surface area (Å²) in [4.78, 5) is 133. The fraction of sp³-hybridized carbons (Fsp3) is 0.314. The molecule has 724 valence electrons. The average molecular weight is 1890 g/mol. The Bertz CT molecular complexity index is 6030. The molecule has 6 N–H and O–H groups in total. The molecule has 0 fully saturated rings. The van der Waals surface area contributed by atoms with Crippen molar-refractivity contribution < 1.29 is 104 Å². The van der Waals surface area contributed by atoms with Gasteiger partial charge in [-0.15, -0.1) is 0 Å². The number of hydrogen-bond acceptors (Lipinski definition) is 32. The maximum Gasteiger partial charge on any atom is 0.360 e. The van der Waals surface area contributed by atoms with Gasteiger partial charge in [-0.05, 0) is 151 Å². The SMILES string of the molecule is CNc1cccc(CCOc2ccc(CC(CC(=O)O)c3nc(C(=O)N(C)C)co3)cc2)n1.CNc1cccc(CCOc2ccc(CC(CC(=O)OC)c3nc(C(=O)N(C)C)co3)cc2)n1.CNc1cccc(CCOc2ccc(CC(CC(=O)OC)c3nc(C(=O)O)co3)cc2)n1.CNc1cccc(CCOc2ccc(CC(CC(=O)OC)c3nc(C(=O)OCc4ccccc4)co3)cc2)n1. The number of carbonyl (C=O) groups is 8. The zero-order valence-electron chi connectivity index (χ0n) is 78.7. The number of aliphatic carboxylic acids is 1. The Labute approximate surface area is 798 Å². The highest BCUT2D eigenvalue weighted by atomic mass is 16.5. The summed E-state index contributed by atoms with van der Waals surface area (Å²) in [7, 11) is 17.8. The molecular weight excluding hydrogens is 1770 g/mol. The van der Waals surface area contributed by atoms with E-state index in [2.05, 4.69) is 61.1 Å². The van der Waals surface area contributed by atoms with Crippen LogP contribution in [-0.4, -0.2) is 212 Å². The number of nitrogens with one attached hydrogen (secondary N) is 4. The third kappa shape index (κ3) is 34.0. The van der Waals surface area contributed by atoms with Crippen molar-refractivity contribution in [2.45, 2.75) is 107 Å². The lowest BCUT2D eigenvalue weighted by atomic mass is 9.96. The van der Waals surface area contributed by atoms with Crippen LogP contribution >= 0.6 is 0 Å². The van der Waals surface area contributed by atoms with Gasteiger partial charge < -0.3 is 96.8 Å². The Morgan fingerprint density at radius 2 is 0.601 bits per heavy atom. The van der Waals surface area contributed by atoms with Gasteiger partial charge in [0.1, 0.15) is 77.9 Å². The number of aromatic nitrogens is 8. The van der Waals surface area contributed by atoms with Crippen LogP contribution in [0, 0.1) is 0 Å². The van der Waals surface area contributed by atoms with E-state index in [0.717, 1.165) is 91.6 Å². The number of hydrogen-bond donors (Lipinski definition) is 6. The number of methoxy groups -OCH3 is 3. The van der Waals surface area contributed by atoms with Crippen molar-refractivity contribution in [1.82, 2.24) is 49.7 Å². The molecule has 2 amide bonds. The molecule has 0 aliphatic carbocycles. The topological polar surface area (TPSA) is 461 Å². The molecular formula is C102H114N14O22. The number of nitrogens with zero attached hydrogens (tertiary/aromatic N) is 10. The monoisotopic (exact) mass is 1890 g/mol. The lowest BCUT2D eigenvalue weighted by molar-refractivity contribution is -0.142. The van der Waals surface area contributed by atoms with E-state index >= 15 is 0 Å². The second-order valence-electron chi connectivity index (χ2n) is 31.6. The van der Waals surface area contributed by atoms with Crippen molar-refractivity contribution in [3.05, 3.63) is 322 Å². The maximum atomic E-state index is 12.5. The summed E-state index contributed by atoms with van der Waals surface area (Å²) in [5, 5.41) is 30.5. The molecule has 36 nitrogen and oxygen atoms in total. The number of pyridine rings is 4. The summed E-state index contributed by atoms with van der Waals surface area (Å²) in [5.41, 5.74) is 8.60. The van der Waals surface area contributed by atoms with Crippen LogP contribution in [0.3, 0.4) is 0 Å². The largest absolute Gasteiger partial charge is 0.493 e. The highest BCUT2D eigenvalue weighted by molar-refractivity contribution is 5.92. The number of benzene rings is 5. The predicted molar refractivity (Wildman–Crippen MR) is 510 cm³/mol. The van der Waals surface area contributed by atoms with Gasteiger partial charge in [-0.2, -0.15) is 0 Å². The first-order chi connectivity index (χ1) is 66.8. The highest BCUT2D eigenvalue weighted by Gasteiger charge is 2.30.